The Kier molecular flexibility index (Phi) is 6.12. The van der Waals surface area contributed by atoms with Crippen LogP contribution < -0.4 is 5.32 Å². The van der Waals surface area contributed by atoms with E-state index in [1.165, 1.54) is 4.90 Å². The van der Waals surface area contributed by atoms with Gasteiger partial charge in [-0.05, 0) is 44.3 Å². The molecule has 0 aliphatic carbocycles. The first kappa shape index (κ1) is 18.7. The van der Waals surface area contributed by atoms with Gasteiger partial charge in [0.15, 0.2) is 0 Å². The fourth-order valence-corrected chi connectivity index (χ4v) is 4.07. The molecule has 2 aromatic rings. The van der Waals surface area contributed by atoms with E-state index in [9.17, 15) is 4.79 Å². The highest BCUT2D eigenvalue weighted by atomic mass is 32.2. The van der Waals surface area contributed by atoms with Crippen LogP contribution in [0.3, 0.4) is 0 Å². The smallest absolute Gasteiger partial charge is 0.251 e. The zero-order valence-corrected chi connectivity index (χ0v) is 16.4. The van der Waals surface area contributed by atoms with Crippen LogP contribution in [0.5, 0.6) is 0 Å². The monoisotopic (exact) mass is 367 g/mol. The summed E-state index contributed by atoms with van der Waals surface area (Å²) in [5.41, 5.74) is 3.65. The second kappa shape index (κ2) is 8.52. The van der Waals surface area contributed by atoms with Crippen LogP contribution in [0.15, 0.2) is 57.2 Å². The molecule has 3 rings (SSSR count). The summed E-state index contributed by atoms with van der Waals surface area (Å²) in [6, 6.07) is 14.1. The SMILES string of the molecule is CCN(CC)CCNC(=O)c1ccc2c(c1)N=C(C)c1ccccc1S2. The molecule has 4 nitrogen and oxygen atoms in total. The molecule has 0 radical (unpaired) electrons. The fraction of sp³-hybridized carbons (Fsp3) is 0.333. The zero-order chi connectivity index (χ0) is 18.5. The number of aliphatic imine (C=N–C) groups is 1. The summed E-state index contributed by atoms with van der Waals surface area (Å²) in [6.07, 6.45) is 0. The zero-order valence-electron chi connectivity index (χ0n) is 15.6. The maximum Gasteiger partial charge on any atom is 0.251 e. The quantitative estimate of drug-likeness (QED) is 0.825. The Hall–Kier alpha value is -2.11. The molecule has 2 aromatic carbocycles. The summed E-state index contributed by atoms with van der Waals surface area (Å²) in [5, 5.41) is 3.01. The first-order valence-electron chi connectivity index (χ1n) is 9.09. The summed E-state index contributed by atoms with van der Waals surface area (Å²) in [6.45, 7) is 9.80. The largest absolute Gasteiger partial charge is 0.351 e. The number of carbonyl (C=O) groups is 1. The van der Waals surface area contributed by atoms with Gasteiger partial charge in [-0.25, -0.2) is 0 Å². The van der Waals surface area contributed by atoms with Crippen molar-refractivity contribution in [2.75, 3.05) is 26.2 Å². The van der Waals surface area contributed by atoms with Crippen molar-refractivity contribution in [3.05, 3.63) is 53.6 Å². The number of nitrogens with one attached hydrogen (secondary N) is 1. The van der Waals surface area contributed by atoms with Crippen molar-refractivity contribution in [1.29, 1.82) is 0 Å². The number of carbonyl (C=O) groups excluding carboxylic acids is 1. The van der Waals surface area contributed by atoms with Gasteiger partial charge >= 0.3 is 0 Å². The number of nitrogens with zero attached hydrogens (tertiary/aromatic N) is 2. The molecule has 0 spiro atoms. The number of amides is 1. The Bertz CT molecular complexity index is 828. The average Bonchev–Trinajstić information content (AvgIpc) is 2.80. The van der Waals surface area contributed by atoms with Gasteiger partial charge in [-0.2, -0.15) is 0 Å². The van der Waals surface area contributed by atoms with Crippen molar-refractivity contribution in [2.24, 2.45) is 4.99 Å². The second-order valence-corrected chi connectivity index (χ2v) is 7.34. The lowest BCUT2D eigenvalue weighted by Gasteiger charge is -2.18. The Balaban J connectivity index is 1.76. The topological polar surface area (TPSA) is 44.7 Å². The minimum Gasteiger partial charge on any atom is -0.351 e. The van der Waals surface area contributed by atoms with Crippen LogP contribution in [0.25, 0.3) is 0 Å². The second-order valence-electron chi connectivity index (χ2n) is 6.26. The highest BCUT2D eigenvalue weighted by molar-refractivity contribution is 7.99. The first-order valence-corrected chi connectivity index (χ1v) is 9.91. The Morgan fingerprint density at radius 1 is 1.12 bits per heavy atom. The molecule has 0 unspecified atom stereocenters. The number of hydrogen-bond acceptors (Lipinski definition) is 4. The van der Waals surface area contributed by atoms with Gasteiger partial charge in [0.2, 0.25) is 0 Å². The predicted molar refractivity (Wildman–Crippen MR) is 109 cm³/mol. The standard InChI is InChI=1S/C21H25N3OS/c1-4-24(5-2)13-12-22-21(25)16-10-11-20-18(14-16)23-15(3)17-8-6-7-9-19(17)26-20/h6-11,14H,4-5,12-13H2,1-3H3,(H,22,25). The molecule has 1 heterocycles. The molecule has 0 saturated carbocycles. The van der Waals surface area contributed by atoms with E-state index >= 15 is 0 Å². The van der Waals surface area contributed by atoms with E-state index in [2.05, 4.69) is 36.2 Å². The van der Waals surface area contributed by atoms with Crippen molar-refractivity contribution in [3.8, 4) is 0 Å². The van der Waals surface area contributed by atoms with Crippen LogP contribution in [-0.4, -0.2) is 42.7 Å². The molecule has 0 atom stereocenters. The molecule has 136 valence electrons. The van der Waals surface area contributed by atoms with Gasteiger partial charge in [-0.3, -0.25) is 9.79 Å². The molecule has 1 aliphatic rings. The number of benzene rings is 2. The number of hydrogen-bond donors (Lipinski definition) is 1. The summed E-state index contributed by atoms with van der Waals surface area (Å²) >= 11 is 1.70. The molecular weight excluding hydrogens is 342 g/mol. The normalized spacial score (nSPS) is 12.8. The third kappa shape index (κ3) is 4.17. The van der Waals surface area contributed by atoms with Gasteiger partial charge in [0, 0.05) is 39.7 Å². The lowest BCUT2D eigenvalue weighted by Crippen LogP contribution is -2.34. The van der Waals surface area contributed by atoms with Gasteiger partial charge < -0.3 is 10.2 Å². The summed E-state index contributed by atoms with van der Waals surface area (Å²) in [4.78, 5) is 21.8. The molecule has 0 aromatic heterocycles. The van der Waals surface area contributed by atoms with E-state index in [1.807, 2.05) is 37.3 Å². The van der Waals surface area contributed by atoms with Crippen LogP contribution in [0.1, 0.15) is 36.7 Å². The van der Waals surface area contributed by atoms with Crippen LogP contribution >= 0.6 is 11.8 Å². The maximum atomic E-state index is 12.5. The summed E-state index contributed by atoms with van der Waals surface area (Å²) in [5.74, 6) is -0.0421. The lowest BCUT2D eigenvalue weighted by atomic mass is 10.1. The highest BCUT2D eigenvalue weighted by Crippen LogP contribution is 2.40. The van der Waals surface area contributed by atoms with Crippen LogP contribution in [-0.2, 0) is 0 Å². The Morgan fingerprint density at radius 2 is 1.88 bits per heavy atom. The lowest BCUT2D eigenvalue weighted by molar-refractivity contribution is 0.0949. The number of fused-ring (bicyclic) bond motifs is 2. The van der Waals surface area contributed by atoms with Gasteiger partial charge in [0.1, 0.15) is 0 Å². The third-order valence-corrected chi connectivity index (χ3v) is 5.76. The Morgan fingerprint density at radius 3 is 2.65 bits per heavy atom. The fourth-order valence-electron chi connectivity index (χ4n) is 3.02. The van der Waals surface area contributed by atoms with E-state index in [1.54, 1.807) is 11.8 Å². The van der Waals surface area contributed by atoms with E-state index in [0.717, 1.165) is 41.5 Å². The Labute approximate surface area is 159 Å². The van der Waals surface area contributed by atoms with Gasteiger partial charge in [0.25, 0.3) is 5.91 Å². The third-order valence-electron chi connectivity index (χ3n) is 4.61. The summed E-state index contributed by atoms with van der Waals surface area (Å²) in [7, 11) is 0. The van der Waals surface area contributed by atoms with E-state index in [4.69, 9.17) is 4.99 Å². The molecule has 1 aliphatic heterocycles. The van der Waals surface area contributed by atoms with Crippen LogP contribution in [0, 0.1) is 0 Å². The van der Waals surface area contributed by atoms with E-state index in [0.29, 0.717) is 12.1 Å². The van der Waals surface area contributed by atoms with Gasteiger partial charge in [-0.15, -0.1) is 0 Å². The minimum absolute atomic E-state index is 0.0421. The van der Waals surface area contributed by atoms with Crippen molar-refractivity contribution in [2.45, 2.75) is 30.6 Å². The number of rotatable bonds is 6. The van der Waals surface area contributed by atoms with Crippen molar-refractivity contribution < 1.29 is 4.79 Å². The average molecular weight is 368 g/mol. The molecule has 26 heavy (non-hydrogen) atoms. The van der Waals surface area contributed by atoms with Gasteiger partial charge in [0.05, 0.1) is 5.69 Å². The van der Waals surface area contributed by atoms with E-state index in [-0.39, 0.29) is 5.91 Å². The van der Waals surface area contributed by atoms with Crippen LogP contribution in [0.2, 0.25) is 0 Å². The number of likely N-dealkylation sites (N-methyl/N-ethyl adjacent to an activating group) is 1. The first-order chi connectivity index (χ1) is 12.6. The molecule has 0 fully saturated rings. The molecule has 1 amide bonds. The maximum absolute atomic E-state index is 12.5. The van der Waals surface area contributed by atoms with Crippen molar-refractivity contribution >= 4 is 29.1 Å². The molecule has 0 saturated heterocycles. The van der Waals surface area contributed by atoms with Crippen molar-refractivity contribution in [1.82, 2.24) is 10.2 Å². The molecule has 5 heteroatoms. The minimum atomic E-state index is -0.0421. The highest BCUT2D eigenvalue weighted by Gasteiger charge is 2.16. The van der Waals surface area contributed by atoms with Gasteiger partial charge in [-0.1, -0.05) is 43.8 Å². The molecular formula is C21H25N3OS. The molecule has 1 N–H and O–H groups in total. The predicted octanol–water partition coefficient (Wildman–Crippen LogP) is 4.36. The van der Waals surface area contributed by atoms with E-state index < -0.39 is 0 Å². The van der Waals surface area contributed by atoms with Crippen molar-refractivity contribution in [3.63, 3.8) is 0 Å². The molecule has 0 bridgehead atoms. The summed E-state index contributed by atoms with van der Waals surface area (Å²) < 4.78 is 0. The van der Waals surface area contributed by atoms with Crippen LogP contribution in [0.4, 0.5) is 5.69 Å².